The molecular weight excluding hydrogens is 568 g/mol. The van der Waals surface area contributed by atoms with E-state index in [-0.39, 0.29) is 49.4 Å². The summed E-state index contributed by atoms with van der Waals surface area (Å²) < 4.78 is 6.38. The molecule has 3 rings (SSSR count). The number of amides is 3. The molecule has 0 aliphatic heterocycles. The van der Waals surface area contributed by atoms with Crippen molar-refractivity contribution in [3.05, 3.63) is 48.5 Å². The highest BCUT2D eigenvalue weighted by Crippen LogP contribution is 2.14. The van der Waals surface area contributed by atoms with Crippen LogP contribution in [0, 0.1) is 5.92 Å². The van der Waals surface area contributed by atoms with Gasteiger partial charge in [-0.2, -0.15) is 0 Å². The maximum absolute atomic E-state index is 13.3. The van der Waals surface area contributed by atoms with Crippen molar-refractivity contribution in [2.75, 3.05) is 19.4 Å². The van der Waals surface area contributed by atoms with Crippen LogP contribution in [0.15, 0.2) is 43.0 Å². The Bertz CT molecular complexity index is 1440. The molecule has 0 spiro atoms. The van der Waals surface area contributed by atoms with Gasteiger partial charge >= 0.3 is 5.97 Å². The number of anilines is 1. The summed E-state index contributed by atoms with van der Waals surface area (Å²) in [6, 6.07) is 6.94. The second kappa shape index (κ2) is 16.7. The number of fused-ring (bicyclic) bond motifs is 1. The van der Waals surface area contributed by atoms with Gasteiger partial charge < -0.3 is 31.0 Å². The predicted octanol–water partition coefficient (Wildman–Crippen LogP) is 1.09. The predicted molar refractivity (Wildman–Crippen MR) is 162 cm³/mol. The molecule has 0 aliphatic rings. The van der Waals surface area contributed by atoms with Gasteiger partial charge in [0.1, 0.15) is 23.9 Å². The SMILES string of the molecule is COC(=O)CCCCC(=O)N[C@H](C(=O)NC(Cc1ccccc1)C(=O)C(=O)NCCCn1cnc2c(N)ncnc21)C(C)C. The van der Waals surface area contributed by atoms with Crippen molar-refractivity contribution < 1.29 is 28.7 Å². The number of hydrogen-bond acceptors (Lipinski definition) is 10. The molecule has 0 saturated heterocycles. The molecule has 3 aromatic rings. The number of imidazole rings is 1. The van der Waals surface area contributed by atoms with E-state index >= 15 is 0 Å². The largest absolute Gasteiger partial charge is 0.469 e. The molecule has 3 amide bonds. The number of ketones is 1. The summed E-state index contributed by atoms with van der Waals surface area (Å²) >= 11 is 0. The van der Waals surface area contributed by atoms with Gasteiger partial charge in [-0.05, 0) is 30.7 Å². The van der Waals surface area contributed by atoms with Gasteiger partial charge in [-0.15, -0.1) is 0 Å². The number of rotatable bonds is 17. The zero-order chi connectivity index (χ0) is 32.1. The van der Waals surface area contributed by atoms with Gasteiger partial charge in [0.2, 0.25) is 17.6 Å². The third-order valence-corrected chi connectivity index (χ3v) is 6.96. The molecule has 1 unspecified atom stereocenters. The number of nitrogens with one attached hydrogen (secondary N) is 3. The van der Waals surface area contributed by atoms with E-state index in [1.807, 2.05) is 6.07 Å². The summed E-state index contributed by atoms with van der Waals surface area (Å²) in [5.74, 6) is -2.93. The lowest BCUT2D eigenvalue weighted by Gasteiger charge is -2.25. The molecule has 14 nitrogen and oxygen atoms in total. The first kappa shape index (κ1) is 33.6. The summed E-state index contributed by atoms with van der Waals surface area (Å²) in [5, 5.41) is 8.06. The van der Waals surface area contributed by atoms with Crippen LogP contribution in [0.4, 0.5) is 5.82 Å². The maximum atomic E-state index is 13.3. The number of aromatic nitrogens is 4. The van der Waals surface area contributed by atoms with E-state index in [1.165, 1.54) is 13.4 Å². The molecule has 0 saturated carbocycles. The number of Topliss-reactive ketones (excluding diaryl/α,β-unsaturated/α-hetero) is 1. The Hall–Kier alpha value is -4.88. The van der Waals surface area contributed by atoms with Crippen molar-refractivity contribution in [2.45, 2.75) is 71.0 Å². The monoisotopic (exact) mass is 608 g/mol. The van der Waals surface area contributed by atoms with Crippen molar-refractivity contribution in [1.82, 2.24) is 35.5 Å². The Morgan fingerprint density at radius 2 is 1.68 bits per heavy atom. The quantitative estimate of drug-likeness (QED) is 0.0976. The van der Waals surface area contributed by atoms with Crippen molar-refractivity contribution in [2.24, 2.45) is 5.92 Å². The summed E-state index contributed by atoms with van der Waals surface area (Å²) in [7, 11) is 1.30. The van der Waals surface area contributed by atoms with E-state index in [2.05, 4.69) is 35.6 Å². The van der Waals surface area contributed by atoms with Crippen LogP contribution in [0.5, 0.6) is 0 Å². The molecule has 1 aromatic carbocycles. The molecule has 5 N–H and O–H groups in total. The lowest BCUT2D eigenvalue weighted by Crippen LogP contribution is -2.56. The Morgan fingerprint density at radius 3 is 2.39 bits per heavy atom. The number of ether oxygens (including phenoxy) is 1. The van der Waals surface area contributed by atoms with E-state index in [0.717, 1.165) is 5.56 Å². The molecule has 236 valence electrons. The molecule has 14 heteroatoms. The van der Waals surface area contributed by atoms with Gasteiger partial charge in [-0.25, -0.2) is 15.0 Å². The van der Waals surface area contributed by atoms with Crippen molar-refractivity contribution in [1.29, 1.82) is 0 Å². The molecule has 0 radical (unpaired) electrons. The molecule has 2 aromatic heterocycles. The molecule has 44 heavy (non-hydrogen) atoms. The number of hydrogen-bond donors (Lipinski definition) is 4. The summed E-state index contributed by atoms with van der Waals surface area (Å²) in [5.41, 5.74) is 7.63. The van der Waals surface area contributed by atoms with Crippen LogP contribution >= 0.6 is 0 Å². The fourth-order valence-electron chi connectivity index (χ4n) is 4.52. The average molecular weight is 609 g/mol. The minimum Gasteiger partial charge on any atom is -0.469 e. The third kappa shape index (κ3) is 9.85. The lowest BCUT2D eigenvalue weighted by atomic mass is 9.98. The summed E-state index contributed by atoms with van der Waals surface area (Å²) in [4.78, 5) is 75.7. The van der Waals surface area contributed by atoms with Crippen LogP contribution in [0.2, 0.25) is 0 Å². The number of esters is 1. The average Bonchev–Trinajstić information content (AvgIpc) is 3.43. The minimum absolute atomic E-state index is 0.0906. The van der Waals surface area contributed by atoms with Crippen LogP contribution in [0.1, 0.15) is 51.5 Å². The van der Waals surface area contributed by atoms with Crippen LogP contribution < -0.4 is 21.7 Å². The highest BCUT2D eigenvalue weighted by molar-refractivity contribution is 6.38. The van der Waals surface area contributed by atoms with Crippen LogP contribution in [0.25, 0.3) is 11.2 Å². The number of carbonyl (C=O) groups excluding carboxylic acids is 5. The normalized spacial score (nSPS) is 12.4. The Balaban J connectivity index is 1.59. The van der Waals surface area contributed by atoms with Crippen LogP contribution in [-0.2, 0) is 41.7 Å². The highest BCUT2D eigenvalue weighted by Gasteiger charge is 2.31. The number of nitrogens with two attached hydrogens (primary N) is 1. The van der Waals surface area contributed by atoms with Gasteiger partial charge in [-0.1, -0.05) is 44.2 Å². The minimum atomic E-state index is -1.15. The van der Waals surface area contributed by atoms with Crippen molar-refractivity contribution in [3.8, 4) is 0 Å². The first-order valence-corrected chi connectivity index (χ1v) is 14.5. The molecule has 0 fully saturated rings. The van der Waals surface area contributed by atoms with Gasteiger partial charge in [0.05, 0.1) is 13.4 Å². The van der Waals surface area contributed by atoms with E-state index in [9.17, 15) is 24.0 Å². The van der Waals surface area contributed by atoms with Gasteiger partial charge in [-0.3, -0.25) is 24.0 Å². The Labute approximate surface area is 255 Å². The fourth-order valence-corrected chi connectivity index (χ4v) is 4.52. The van der Waals surface area contributed by atoms with Gasteiger partial charge in [0, 0.05) is 32.4 Å². The number of unbranched alkanes of at least 4 members (excludes halogenated alkanes) is 1. The van der Waals surface area contributed by atoms with Crippen LogP contribution in [0.3, 0.4) is 0 Å². The molecular formula is C30H40N8O6. The molecule has 0 bridgehead atoms. The zero-order valence-electron chi connectivity index (χ0n) is 25.2. The van der Waals surface area contributed by atoms with Crippen molar-refractivity contribution >= 4 is 46.5 Å². The van der Waals surface area contributed by atoms with Gasteiger partial charge in [0.15, 0.2) is 11.5 Å². The molecule has 2 atom stereocenters. The number of benzene rings is 1. The summed E-state index contributed by atoms with van der Waals surface area (Å²) in [6.45, 7) is 4.19. The smallest absolute Gasteiger partial charge is 0.305 e. The van der Waals surface area contributed by atoms with E-state index in [0.29, 0.717) is 37.0 Å². The Kier molecular flexibility index (Phi) is 12.7. The second-order valence-corrected chi connectivity index (χ2v) is 10.7. The molecule has 0 aliphatic carbocycles. The third-order valence-electron chi connectivity index (χ3n) is 6.96. The first-order valence-electron chi connectivity index (χ1n) is 14.5. The standard InChI is InChI=1S/C30H40N8O6/c1-19(2)24(37-22(39)12-7-8-13-23(40)44-3)29(42)36-21(16-20-10-5-4-6-11-20)26(41)30(43)32-14-9-15-38-18-35-25-27(31)33-17-34-28(25)38/h4-6,10-11,17-19,21,24H,7-9,12-16H2,1-3H3,(H,32,43)(H,36,42)(H,37,39)(H2,31,33,34)/t21?,24-/m0/s1. The molecule has 2 heterocycles. The van der Waals surface area contributed by atoms with Gasteiger partial charge in [0.25, 0.3) is 5.91 Å². The number of methoxy groups -OCH3 is 1. The first-order chi connectivity index (χ1) is 21.1. The number of nitrogens with zero attached hydrogens (tertiary/aromatic N) is 4. The number of carbonyl (C=O) groups is 5. The van der Waals surface area contributed by atoms with E-state index < -0.39 is 29.7 Å². The number of aryl methyl sites for hydroxylation is 1. The topological polar surface area (TPSA) is 200 Å². The Morgan fingerprint density at radius 1 is 0.955 bits per heavy atom. The number of nitrogen functional groups attached to an aromatic ring is 1. The van der Waals surface area contributed by atoms with Crippen molar-refractivity contribution in [3.63, 3.8) is 0 Å². The zero-order valence-corrected chi connectivity index (χ0v) is 25.2. The maximum Gasteiger partial charge on any atom is 0.305 e. The van der Waals surface area contributed by atoms with Crippen LogP contribution in [-0.4, -0.2) is 74.7 Å². The summed E-state index contributed by atoms with van der Waals surface area (Å²) in [6.07, 6.45) is 4.75. The lowest BCUT2D eigenvalue weighted by molar-refractivity contribution is -0.140. The van der Waals surface area contributed by atoms with E-state index in [4.69, 9.17) is 5.73 Å². The second-order valence-electron chi connectivity index (χ2n) is 10.7. The highest BCUT2D eigenvalue weighted by atomic mass is 16.5. The van der Waals surface area contributed by atoms with E-state index in [1.54, 1.807) is 49.0 Å². The fraction of sp³-hybridized carbons (Fsp3) is 0.467.